The lowest BCUT2D eigenvalue weighted by molar-refractivity contribution is -0.138. The molecular formula is C23H25FNO5P. The van der Waals surface area contributed by atoms with Gasteiger partial charge in [-0.2, -0.15) is 0 Å². The third kappa shape index (κ3) is 6.24. The number of hydrogen-bond acceptors (Lipinski definition) is 4. The number of hydrogen-bond donors (Lipinski definition) is 3. The van der Waals surface area contributed by atoms with E-state index in [1.165, 1.54) is 12.1 Å². The smallest absolute Gasteiger partial charge is 0.305 e. The van der Waals surface area contributed by atoms with E-state index in [0.29, 0.717) is 22.7 Å². The molecule has 164 valence electrons. The number of benzene rings is 1. The van der Waals surface area contributed by atoms with E-state index >= 15 is 0 Å². The summed E-state index contributed by atoms with van der Waals surface area (Å²) in [6, 6.07) is 7.86. The highest BCUT2D eigenvalue weighted by Gasteiger charge is 2.28. The highest BCUT2D eigenvalue weighted by molar-refractivity contribution is 7.63. The van der Waals surface area contributed by atoms with E-state index in [1.54, 1.807) is 12.1 Å². The highest BCUT2D eigenvalue weighted by Crippen LogP contribution is 2.43. The molecule has 0 bridgehead atoms. The van der Waals surface area contributed by atoms with Gasteiger partial charge >= 0.3 is 5.97 Å². The first-order valence-electron chi connectivity index (χ1n) is 10.1. The molecule has 1 heterocycles. The van der Waals surface area contributed by atoms with Crippen LogP contribution in [-0.2, 0) is 9.36 Å². The van der Waals surface area contributed by atoms with E-state index in [4.69, 9.17) is 10.1 Å². The van der Waals surface area contributed by atoms with Gasteiger partial charge in [0.15, 0.2) is 0 Å². The van der Waals surface area contributed by atoms with Crippen molar-refractivity contribution in [3.8, 4) is 22.7 Å². The van der Waals surface area contributed by atoms with Gasteiger partial charge in [-0.05, 0) is 48.2 Å². The number of aliphatic hydroxyl groups excluding tert-OH is 1. The van der Waals surface area contributed by atoms with Crippen molar-refractivity contribution in [1.82, 2.24) is 4.98 Å². The Bertz CT molecular complexity index is 1080. The van der Waals surface area contributed by atoms with Crippen molar-refractivity contribution < 1.29 is 28.9 Å². The zero-order valence-corrected chi connectivity index (χ0v) is 18.3. The molecule has 1 aromatic heterocycles. The summed E-state index contributed by atoms with van der Waals surface area (Å²) in [4.78, 5) is 25.7. The van der Waals surface area contributed by atoms with E-state index in [1.807, 2.05) is 19.9 Å². The molecule has 0 spiro atoms. The molecule has 8 heteroatoms. The Labute approximate surface area is 180 Å². The van der Waals surface area contributed by atoms with Gasteiger partial charge in [-0.15, -0.1) is 0 Å². The highest BCUT2D eigenvalue weighted by atomic mass is 31.2. The number of carboxylic acid groups (broad SMARTS) is 1. The number of nitrogens with zero attached hydrogens (tertiary/aromatic N) is 1. The molecule has 1 aliphatic rings. The van der Waals surface area contributed by atoms with E-state index in [9.17, 15) is 23.7 Å². The molecule has 6 nitrogen and oxygen atoms in total. The second-order valence-corrected chi connectivity index (χ2v) is 10.2. The van der Waals surface area contributed by atoms with Crippen LogP contribution in [0.25, 0.3) is 11.1 Å². The number of pyridine rings is 1. The first kappa shape index (κ1) is 23.1. The molecule has 0 aliphatic heterocycles. The first-order chi connectivity index (χ1) is 14.6. The molecule has 31 heavy (non-hydrogen) atoms. The Kier molecular flexibility index (Phi) is 6.96. The van der Waals surface area contributed by atoms with Crippen LogP contribution in [0, 0.1) is 17.4 Å². The molecule has 1 fully saturated rings. The monoisotopic (exact) mass is 445 g/mol. The van der Waals surface area contributed by atoms with Crippen LogP contribution in [0.15, 0.2) is 30.3 Å². The molecule has 0 saturated heterocycles. The number of halogens is 1. The topological polar surface area (TPSA) is 108 Å². The van der Waals surface area contributed by atoms with Crippen LogP contribution < -0.4 is 0 Å². The fraction of sp³-hybridized carbons (Fsp3) is 0.391. The second kappa shape index (κ2) is 9.32. The molecule has 1 unspecified atom stereocenters. The van der Waals surface area contributed by atoms with Crippen LogP contribution in [0.2, 0.25) is 0 Å². The lowest BCUT2D eigenvalue weighted by Crippen LogP contribution is -2.17. The maximum absolute atomic E-state index is 13.5. The molecule has 1 aromatic carbocycles. The fourth-order valence-electron chi connectivity index (χ4n) is 3.32. The summed E-state index contributed by atoms with van der Waals surface area (Å²) in [6.45, 7) is 3.90. The second-order valence-electron chi connectivity index (χ2n) is 8.16. The average molecular weight is 445 g/mol. The molecular weight excluding hydrogens is 420 g/mol. The Morgan fingerprint density at radius 3 is 2.48 bits per heavy atom. The predicted octanol–water partition coefficient (Wildman–Crippen LogP) is 4.30. The average Bonchev–Trinajstić information content (AvgIpc) is 3.50. The Balaban J connectivity index is 2.08. The van der Waals surface area contributed by atoms with E-state index in [0.717, 1.165) is 24.1 Å². The lowest BCUT2D eigenvalue weighted by Gasteiger charge is -2.16. The Morgan fingerprint density at radius 1 is 1.29 bits per heavy atom. The SMILES string of the molecule is CC(C)c1nc(C2CC2)cc(-c2ccc(F)cc2)c1C#CP(=O)(O)C[C@H](O)CC(=O)O. The van der Waals surface area contributed by atoms with Gasteiger partial charge in [-0.3, -0.25) is 14.3 Å². The first-order valence-corrected chi connectivity index (χ1v) is 12.0. The molecule has 1 saturated carbocycles. The molecule has 0 radical (unpaired) electrons. The van der Waals surface area contributed by atoms with Crippen molar-refractivity contribution in [1.29, 1.82) is 0 Å². The predicted molar refractivity (Wildman–Crippen MR) is 116 cm³/mol. The third-order valence-electron chi connectivity index (χ3n) is 4.99. The van der Waals surface area contributed by atoms with Crippen LogP contribution in [0.3, 0.4) is 0 Å². The van der Waals surface area contributed by atoms with Gasteiger partial charge in [0.05, 0.1) is 29.9 Å². The number of carboxylic acids is 1. The Morgan fingerprint density at radius 2 is 1.94 bits per heavy atom. The molecule has 2 aromatic rings. The van der Waals surface area contributed by atoms with Crippen molar-refractivity contribution in [2.24, 2.45) is 0 Å². The maximum Gasteiger partial charge on any atom is 0.305 e. The standard InChI is InChI=1S/C23H25FNO5P/c1-14(2)23-19(9-10-31(29,30)13-18(26)11-22(27)28)20(12-21(25-23)16-3-4-16)15-5-7-17(24)8-6-15/h5-8,12,14,16,18,26H,3-4,11,13H2,1-2H3,(H,27,28)(H,29,30)/t18-/m1/s1. The van der Waals surface area contributed by atoms with Gasteiger partial charge < -0.3 is 15.1 Å². The third-order valence-corrected chi connectivity index (χ3v) is 6.37. The molecule has 3 rings (SSSR count). The van der Waals surface area contributed by atoms with Crippen molar-refractivity contribution >= 4 is 13.3 Å². The van der Waals surface area contributed by atoms with Gasteiger partial charge in [-0.25, -0.2) is 4.39 Å². The summed E-state index contributed by atoms with van der Waals surface area (Å²) in [5, 5.41) is 18.5. The fourth-order valence-corrected chi connectivity index (χ4v) is 4.40. The van der Waals surface area contributed by atoms with Crippen LogP contribution in [0.1, 0.15) is 61.9 Å². The van der Waals surface area contributed by atoms with Crippen molar-refractivity contribution in [2.75, 3.05) is 6.16 Å². The van der Waals surface area contributed by atoms with Crippen molar-refractivity contribution in [3.63, 3.8) is 0 Å². The number of aromatic nitrogens is 1. The van der Waals surface area contributed by atoms with Gasteiger partial charge in [0.1, 0.15) is 5.82 Å². The van der Waals surface area contributed by atoms with Crippen LogP contribution >= 0.6 is 7.37 Å². The van der Waals surface area contributed by atoms with E-state index in [-0.39, 0.29) is 11.7 Å². The quantitative estimate of drug-likeness (QED) is 0.433. The Hall–Kier alpha value is -2.52. The summed E-state index contributed by atoms with van der Waals surface area (Å²) in [5.74, 6) is 1.50. The van der Waals surface area contributed by atoms with Crippen LogP contribution in [-0.4, -0.2) is 38.3 Å². The molecule has 3 N–H and O–H groups in total. The number of carbonyl (C=O) groups is 1. The molecule has 0 amide bonds. The normalized spacial score (nSPS) is 16.3. The minimum Gasteiger partial charge on any atom is -0.481 e. The largest absolute Gasteiger partial charge is 0.481 e. The zero-order valence-electron chi connectivity index (χ0n) is 17.4. The van der Waals surface area contributed by atoms with Gasteiger partial charge in [0.25, 0.3) is 7.37 Å². The van der Waals surface area contributed by atoms with Gasteiger partial charge in [-0.1, -0.05) is 31.9 Å². The van der Waals surface area contributed by atoms with Crippen molar-refractivity contribution in [2.45, 2.75) is 51.0 Å². The molecule has 2 atom stereocenters. The lowest BCUT2D eigenvalue weighted by atomic mass is 9.93. The molecule has 1 aliphatic carbocycles. The summed E-state index contributed by atoms with van der Waals surface area (Å²) >= 11 is 0. The minimum absolute atomic E-state index is 0.0159. The number of aliphatic carboxylic acids is 1. The summed E-state index contributed by atoms with van der Waals surface area (Å²) in [5.41, 5.74) is 5.87. The van der Waals surface area contributed by atoms with Gasteiger partial charge in [0.2, 0.25) is 0 Å². The van der Waals surface area contributed by atoms with Crippen LogP contribution in [0.4, 0.5) is 4.39 Å². The minimum atomic E-state index is -4.12. The van der Waals surface area contributed by atoms with Gasteiger partial charge in [0, 0.05) is 17.2 Å². The maximum atomic E-state index is 13.5. The van der Waals surface area contributed by atoms with Crippen molar-refractivity contribution in [3.05, 3.63) is 53.1 Å². The van der Waals surface area contributed by atoms with E-state index in [2.05, 4.69) is 11.6 Å². The van der Waals surface area contributed by atoms with E-state index < -0.39 is 32.0 Å². The summed E-state index contributed by atoms with van der Waals surface area (Å²) in [7, 11) is -4.12. The van der Waals surface area contributed by atoms with Crippen LogP contribution in [0.5, 0.6) is 0 Å². The summed E-state index contributed by atoms with van der Waals surface area (Å²) in [6.07, 6.45) is -0.651. The zero-order chi connectivity index (χ0) is 22.8. The number of rotatable bonds is 7. The number of aliphatic hydroxyl groups is 1. The summed E-state index contributed by atoms with van der Waals surface area (Å²) < 4.78 is 26.0.